The molecule has 1 N–H and O–H groups in total. The van der Waals surface area contributed by atoms with E-state index in [0.29, 0.717) is 29.7 Å². The molecule has 0 radical (unpaired) electrons. The number of hydrogen-bond donors (Lipinski definition) is 1. The molecule has 1 aliphatic rings. The van der Waals surface area contributed by atoms with Crippen molar-refractivity contribution in [3.63, 3.8) is 0 Å². The van der Waals surface area contributed by atoms with Gasteiger partial charge in [-0.15, -0.1) is 0 Å². The Labute approximate surface area is 155 Å². The van der Waals surface area contributed by atoms with Gasteiger partial charge in [0.15, 0.2) is 0 Å². The van der Waals surface area contributed by atoms with Gasteiger partial charge in [0, 0.05) is 54.3 Å². The average Bonchev–Trinajstić information content (AvgIpc) is 3.31. The van der Waals surface area contributed by atoms with Crippen molar-refractivity contribution in [2.75, 3.05) is 6.54 Å². The van der Waals surface area contributed by atoms with Gasteiger partial charge in [-0.1, -0.05) is 16.8 Å². The van der Waals surface area contributed by atoms with Crippen LogP contribution in [0.2, 0.25) is 5.02 Å². The summed E-state index contributed by atoms with van der Waals surface area (Å²) in [6, 6.07) is 9.21. The summed E-state index contributed by atoms with van der Waals surface area (Å²) in [5.41, 5.74) is 1.95. The van der Waals surface area contributed by atoms with Crippen LogP contribution < -0.4 is 5.32 Å². The number of amides is 1. The molecule has 1 amide bonds. The maximum atomic E-state index is 12.4. The van der Waals surface area contributed by atoms with Crippen molar-refractivity contribution >= 4 is 17.5 Å². The van der Waals surface area contributed by atoms with Crippen LogP contribution in [0.25, 0.3) is 11.4 Å². The van der Waals surface area contributed by atoms with Crippen LogP contribution in [0.15, 0.2) is 41.1 Å². The number of halogens is 1. The molecule has 3 heterocycles. The van der Waals surface area contributed by atoms with Crippen molar-refractivity contribution in [2.24, 2.45) is 5.92 Å². The molecule has 0 spiro atoms. The number of carbonyl (C=O) groups is 1. The van der Waals surface area contributed by atoms with Gasteiger partial charge < -0.3 is 9.84 Å². The normalized spacial score (nSPS) is 16.3. The Hall–Kier alpha value is -2.67. The second-order valence-electron chi connectivity index (χ2n) is 6.30. The Kier molecular flexibility index (Phi) is 4.71. The van der Waals surface area contributed by atoms with Crippen molar-refractivity contribution in [3.8, 4) is 11.4 Å². The molecule has 1 aromatic carbocycles. The fourth-order valence-electron chi connectivity index (χ4n) is 3.10. The molecule has 1 atom stereocenters. The quantitative estimate of drug-likeness (QED) is 0.744. The van der Waals surface area contributed by atoms with Crippen LogP contribution in [0.3, 0.4) is 0 Å². The van der Waals surface area contributed by atoms with Crippen LogP contribution in [0, 0.1) is 5.92 Å². The summed E-state index contributed by atoms with van der Waals surface area (Å²) in [6.07, 6.45) is 3.81. The van der Waals surface area contributed by atoms with Gasteiger partial charge in [-0.2, -0.15) is 10.1 Å². The summed E-state index contributed by atoms with van der Waals surface area (Å²) in [7, 11) is 0. The fraction of sp³-hybridized carbons (Fsp3) is 0.333. The number of rotatable bonds is 5. The van der Waals surface area contributed by atoms with E-state index >= 15 is 0 Å². The highest BCUT2D eigenvalue weighted by Gasteiger charge is 2.24. The lowest BCUT2D eigenvalue weighted by molar-refractivity contribution is -0.125. The van der Waals surface area contributed by atoms with Gasteiger partial charge in [-0.25, -0.2) is 0 Å². The van der Waals surface area contributed by atoms with Gasteiger partial charge in [-0.3, -0.25) is 9.48 Å². The molecule has 8 heteroatoms. The zero-order valence-corrected chi connectivity index (χ0v) is 14.8. The molecule has 0 fully saturated rings. The smallest absolute Gasteiger partial charge is 0.228 e. The first-order chi connectivity index (χ1) is 12.7. The number of fused-ring (bicyclic) bond motifs is 1. The third-order valence-corrected chi connectivity index (χ3v) is 4.78. The predicted molar refractivity (Wildman–Crippen MR) is 95.5 cm³/mol. The van der Waals surface area contributed by atoms with E-state index in [1.165, 1.54) is 0 Å². The minimum Gasteiger partial charge on any atom is -0.355 e. The first-order valence-electron chi connectivity index (χ1n) is 8.56. The summed E-state index contributed by atoms with van der Waals surface area (Å²) >= 11 is 5.88. The summed E-state index contributed by atoms with van der Waals surface area (Å²) in [5.74, 6) is 1.07. The Morgan fingerprint density at radius 1 is 1.31 bits per heavy atom. The van der Waals surface area contributed by atoms with E-state index in [-0.39, 0.29) is 11.8 Å². The second-order valence-corrected chi connectivity index (χ2v) is 6.73. The van der Waals surface area contributed by atoms with Crippen molar-refractivity contribution in [3.05, 3.63) is 53.1 Å². The Bertz CT molecular complexity index is 902. The molecule has 4 rings (SSSR count). The lowest BCUT2D eigenvalue weighted by Crippen LogP contribution is -2.36. The van der Waals surface area contributed by atoms with Gasteiger partial charge in [0.25, 0.3) is 0 Å². The molecule has 0 saturated heterocycles. The zero-order valence-electron chi connectivity index (χ0n) is 14.1. The lowest BCUT2D eigenvalue weighted by atomic mass is 9.95. The standard InChI is InChI=1S/C18H18ClN5O2/c19-14-3-1-12(2-4-14)17-22-16(26-23-17)6-8-20-18(25)13-7-10-24-15(11-13)5-9-21-24/h1-5,9,13H,6-8,10-11H2,(H,20,25). The molecule has 0 saturated carbocycles. The van der Waals surface area contributed by atoms with Crippen LogP contribution in [0.4, 0.5) is 0 Å². The molecule has 7 nitrogen and oxygen atoms in total. The monoisotopic (exact) mass is 371 g/mol. The van der Waals surface area contributed by atoms with Crippen molar-refractivity contribution in [1.29, 1.82) is 0 Å². The molecule has 1 unspecified atom stereocenters. The highest BCUT2D eigenvalue weighted by Crippen LogP contribution is 2.20. The van der Waals surface area contributed by atoms with E-state index in [0.717, 1.165) is 30.6 Å². The zero-order chi connectivity index (χ0) is 17.9. The maximum absolute atomic E-state index is 12.4. The lowest BCUT2D eigenvalue weighted by Gasteiger charge is -2.22. The Morgan fingerprint density at radius 2 is 2.15 bits per heavy atom. The number of aryl methyl sites for hydroxylation is 1. The highest BCUT2D eigenvalue weighted by atomic mass is 35.5. The SMILES string of the molecule is O=C(NCCc1nc(-c2ccc(Cl)cc2)no1)C1CCn2nccc2C1. The van der Waals surface area contributed by atoms with E-state index < -0.39 is 0 Å². The largest absolute Gasteiger partial charge is 0.355 e. The number of aromatic nitrogens is 4. The number of nitrogens with zero attached hydrogens (tertiary/aromatic N) is 4. The van der Waals surface area contributed by atoms with E-state index in [1.54, 1.807) is 18.3 Å². The van der Waals surface area contributed by atoms with Crippen molar-refractivity contribution in [2.45, 2.75) is 25.8 Å². The molecular weight excluding hydrogens is 354 g/mol. The third-order valence-electron chi connectivity index (χ3n) is 4.53. The molecule has 0 bridgehead atoms. The molecule has 26 heavy (non-hydrogen) atoms. The molecule has 1 aliphatic heterocycles. The van der Waals surface area contributed by atoms with Crippen LogP contribution in [0.5, 0.6) is 0 Å². The van der Waals surface area contributed by atoms with Gasteiger partial charge in [-0.05, 0) is 36.8 Å². The first-order valence-corrected chi connectivity index (χ1v) is 8.94. The number of benzene rings is 1. The van der Waals surface area contributed by atoms with Crippen molar-refractivity contribution in [1.82, 2.24) is 25.2 Å². The first kappa shape index (κ1) is 16.8. The predicted octanol–water partition coefficient (Wildman–Crippen LogP) is 2.51. The minimum atomic E-state index is -0.00786. The average molecular weight is 372 g/mol. The van der Waals surface area contributed by atoms with Gasteiger partial charge in [0.1, 0.15) is 0 Å². The molecule has 0 aliphatic carbocycles. The molecular formula is C18H18ClN5O2. The Balaban J connectivity index is 1.28. The van der Waals surface area contributed by atoms with E-state index in [1.807, 2.05) is 22.9 Å². The van der Waals surface area contributed by atoms with Crippen LogP contribution in [-0.4, -0.2) is 32.4 Å². The molecule has 134 valence electrons. The highest BCUT2D eigenvalue weighted by molar-refractivity contribution is 6.30. The molecule has 2 aromatic heterocycles. The second kappa shape index (κ2) is 7.29. The van der Waals surface area contributed by atoms with Crippen LogP contribution in [-0.2, 0) is 24.2 Å². The van der Waals surface area contributed by atoms with Crippen molar-refractivity contribution < 1.29 is 9.32 Å². The van der Waals surface area contributed by atoms with Crippen LogP contribution in [0.1, 0.15) is 18.0 Å². The van der Waals surface area contributed by atoms with E-state index in [2.05, 4.69) is 20.6 Å². The third kappa shape index (κ3) is 3.62. The van der Waals surface area contributed by atoms with Crippen LogP contribution >= 0.6 is 11.6 Å². The summed E-state index contributed by atoms with van der Waals surface area (Å²) in [5, 5.41) is 11.8. The van der Waals surface area contributed by atoms with E-state index in [4.69, 9.17) is 16.1 Å². The Morgan fingerprint density at radius 3 is 3.00 bits per heavy atom. The maximum Gasteiger partial charge on any atom is 0.228 e. The fourth-order valence-corrected chi connectivity index (χ4v) is 3.23. The van der Waals surface area contributed by atoms with Gasteiger partial charge >= 0.3 is 0 Å². The summed E-state index contributed by atoms with van der Waals surface area (Å²) in [6.45, 7) is 1.26. The van der Waals surface area contributed by atoms with E-state index in [9.17, 15) is 4.79 Å². The number of carbonyl (C=O) groups excluding carboxylic acids is 1. The summed E-state index contributed by atoms with van der Waals surface area (Å²) < 4.78 is 7.21. The summed E-state index contributed by atoms with van der Waals surface area (Å²) in [4.78, 5) is 16.7. The van der Waals surface area contributed by atoms with Gasteiger partial charge in [0.05, 0.1) is 0 Å². The number of hydrogen-bond acceptors (Lipinski definition) is 5. The van der Waals surface area contributed by atoms with Gasteiger partial charge in [0.2, 0.25) is 17.6 Å². The minimum absolute atomic E-state index is 0.00786. The molecule has 3 aromatic rings. The number of nitrogens with one attached hydrogen (secondary N) is 1. The topological polar surface area (TPSA) is 85.8 Å².